The molecular weight excluding hydrogens is 250 g/mol. The molecule has 8 heteroatoms. The first-order valence-electron chi connectivity index (χ1n) is 5.96. The third-order valence-electron chi connectivity index (χ3n) is 2.42. The highest BCUT2D eigenvalue weighted by molar-refractivity contribution is 5.53. The number of nitro groups is 1. The number of anilines is 2. The Balaban J connectivity index is 2.95. The number of nitrogens with zero attached hydrogens (tertiary/aromatic N) is 4. The minimum absolute atomic E-state index is 0.124. The molecule has 0 saturated heterocycles. The van der Waals surface area contributed by atoms with Gasteiger partial charge in [-0.1, -0.05) is 13.8 Å². The Morgan fingerprint density at radius 1 is 1.58 bits per heavy atom. The molecule has 19 heavy (non-hydrogen) atoms. The van der Waals surface area contributed by atoms with Crippen molar-refractivity contribution in [2.45, 2.75) is 13.8 Å². The van der Waals surface area contributed by atoms with Crippen LogP contribution in [0.15, 0.2) is 6.20 Å². The van der Waals surface area contributed by atoms with Crippen molar-refractivity contribution < 1.29 is 9.66 Å². The lowest BCUT2D eigenvalue weighted by Crippen LogP contribution is -2.32. The van der Waals surface area contributed by atoms with Gasteiger partial charge in [-0.25, -0.2) is 4.98 Å². The molecule has 0 aromatic carbocycles. The second kappa shape index (κ2) is 6.83. The van der Waals surface area contributed by atoms with E-state index in [-0.39, 0.29) is 11.5 Å². The van der Waals surface area contributed by atoms with E-state index in [1.54, 1.807) is 7.11 Å². The van der Waals surface area contributed by atoms with Crippen LogP contribution in [0.4, 0.5) is 17.5 Å². The fourth-order valence-electron chi connectivity index (χ4n) is 1.59. The Bertz CT molecular complexity index is 438. The molecule has 0 aliphatic carbocycles. The molecule has 1 heterocycles. The van der Waals surface area contributed by atoms with Gasteiger partial charge >= 0.3 is 5.69 Å². The number of nitrogen functional groups attached to an aromatic ring is 1. The molecule has 0 aliphatic rings. The zero-order valence-electron chi connectivity index (χ0n) is 11.4. The van der Waals surface area contributed by atoms with Crippen LogP contribution < -0.4 is 10.6 Å². The summed E-state index contributed by atoms with van der Waals surface area (Å²) in [7, 11) is 1.61. The molecule has 0 aliphatic heterocycles. The van der Waals surface area contributed by atoms with Crippen molar-refractivity contribution in [1.82, 2.24) is 9.97 Å². The fraction of sp³-hybridized carbons (Fsp3) is 0.636. The first-order chi connectivity index (χ1) is 8.95. The molecular formula is C11H19N5O3. The maximum atomic E-state index is 10.7. The summed E-state index contributed by atoms with van der Waals surface area (Å²) in [5.41, 5.74) is 5.29. The van der Waals surface area contributed by atoms with Crippen molar-refractivity contribution in [3.05, 3.63) is 16.3 Å². The Labute approximate surface area is 111 Å². The second-order valence-electron chi connectivity index (χ2n) is 4.53. The van der Waals surface area contributed by atoms with Gasteiger partial charge in [-0.3, -0.25) is 10.1 Å². The molecule has 2 N–H and O–H groups in total. The Hall–Kier alpha value is -1.96. The van der Waals surface area contributed by atoms with E-state index in [1.807, 2.05) is 4.90 Å². The van der Waals surface area contributed by atoms with Crippen LogP contribution >= 0.6 is 0 Å². The summed E-state index contributed by atoms with van der Waals surface area (Å²) in [5.74, 6) is 0.659. The van der Waals surface area contributed by atoms with Gasteiger partial charge in [0.2, 0.25) is 11.8 Å². The van der Waals surface area contributed by atoms with Crippen molar-refractivity contribution in [3.8, 4) is 0 Å². The van der Waals surface area contributed by atoms with Crippen molar-refractivity contribution in [2.24, 2.45) is 5.92 Å². The molecule has 0 atom stereocenters. The average Bonchev–Trinajstić information content (AvgIpc) is 2.33. The number of hydrogen-bond acceptors (Lipinski definition) is 7. The Morgan fingerprint density at radius 2 is 2.26 bits per heavy atom. The van der Waals surface area contributed by atoms with Gasteiger partial charge in [0.15, 0.2) is 0 Å². The second-order valence-corrected chi connectivity index (χ2v) is 4.53. The van der Waals surface area contributed by atoms with Crippen LogP contribution in [-0.2, 0) is 4.74 Å². The summed E-state index contributed by atoms with van der Waals surface area (Å²) in [5, 5.41) is 10.7. The first-order valence-corrected chi connectivity index (χ1v) is 5.96. The lowest BCUT2D eigenvalue weighted by molar-refractivity contribution is -0.384. The first kappa shape index (κ1) is 15.1. The SMILES string of the molecule is COCCN(CC(C)C)c1ncc([N+](=O)[O-])c(N)n1. The molecule has 1 rings (SSSR count). The molecule has 0 fully saturated rings. The largest absolute Gasteiger partial charge is 0.383 e. The summed E-state index contributed by atoms with van der Waals surface area (Å²) in [4.78, 5) is 20.0. The van der Waals surface area contributed by atoms with E-state index in [1.165, 1.54) is 0 Å². The highest BCUT2D eigenvalue weighted by Crippen LogP contribution is 2.20. The van der Waals surface area contributed by atoms with Crippen LogP contribution in [-0.4, -0.2) is 41.7 Å². The quantitative estimate of drug-likeness (QED) is 0.582. The molecule has 106 valence electrons. The van der Waals surface area contributed by atoms with Gasteiger partial charge in [-0.15, -0.1) is 0 Å². The smallest absolute Gasteiger partial charge is 0.329 e. The van der Waals surface area contributed by atoms with E-state index in [9.17, 15) is 10.1 Å². The number of rotatable bonds is 7. The van der Waals surface area contributed by atoms with Crippen LogP contribution in [0.5, 0.6) is 0 Å². The summed E-state index contributed by atoms with van der Waals surface area (Å²) in [6.07, 6.45) is 1.14. The average molecular weight is 269 g/mol. The van der Waals surface area contributed by atoms with Gasteiger partial charge in [0.1, 0.15) is 6.20 Å². The molecule has 1 aromatic heterocycles. The minimum Gasteiger partial charge on any atom is -0.383 e. The van der Waals surface area contributed by atoms with E-state index in [4.69, 9.17) is 10.5 Å². The molecule has 8 nitrogen and oxygen atoms in total. The highest BCUT2D eigenvalue weighted by Gasteiger charge is 2.18. The monoisotopic (exact) mass is 269 g/mol. The lowest BCUT2D eigenvalue weighted by Gasteiger charge is -2.24. The minimum atomic E-state index is -0.596. The molecule has 0 radical (unpaired) electrons. The number of methoxy groups -OCH3 is 1. The number of hydrogen-bond donors (Lipinski definition) is 1. The van der Waals surface area contributed by atoms with E-state index >= 15 is 0 Å². The maximum absolute atomic E-state index is 10.7. The van der Waals surface area contributed by atoms with Gasteiger partial charge in [0.05, 0.1) is 11.5 Å². The van der Waals surface area contributed by atoms with Crippen LogP contribution in [0.3, 0.4) is 0 Å². The fourth-order valence-corrected chi connectivity index (χ4v) is 1.59. The maximum Gasteiger partial charge on any atom is 0.329 e. The van der Waals surface area contributed by atoms with Crippen LogP contribution in [0.1, 0.15) is 13.8 Å². The molecule has 0 saturated carbocycles. The highest BCUT2D eigenvalue weighted by atomic mass is 16.6. The van der Waals surface area contributed by atoms with Gasteiger partial charge in [0.25, 0.3) is 0 Å². The molecule has 0 amide bonds. The number of aromatic nitrogens is 2. The van der Waals surface area contributed by atoms with Crippen molar-refractivity contribution in [3.63, 3.8) is 0 Å². The summed E-state index contributed by atoms with van der Waals surface area (Å²) in [6, 6.07) is 0. The third kappa shape index (κ3) is 4.32. The van der Waals surface area contributed by atoms with Crippen molar-refractivity contribution in [2.75, 3.05) is 37.4 Å². The summed E-state index contributed by atoms with van der Waals surface area (Å²) < 4.78 is 5.03. The Morgan fingerprint density at radius 3 is 2.74 bits per heavy atom. The van der Waals surface area contributed by atoms with Crippen LogP contribution in [0.25, 0.3) is 0 Å². The molecule has 0 spiro atoms. The third-order valence-corrected chi connectivity index (χ3v) is 2.42. The number of ether oxygens (including phenoxy) is 1. The Kier molecular flexibility index (Phi) is 5.43. The molecule has 0 bridgehead atoms. The van der Waals surface area contributed by atoms with E-state index < -0.39 is 4.92 Å². The van der Waals surface area contributed by atoms with Crippen LogP contribution in [0, 0.1) is 16.0 Å². The molecule has 1 aromatic rings. The normalized spacial score (nSPS) is 10.7. The summed E-state index contributed by atoms with van der Waals surface area (Å²) in [6.45, 7) is 5.97. The molecule has 0 unspecified atom stereocenters. The van der Waals surface area contributed by atoms with Gasteiger partial charge in [-0.05, 0) is 5.92 Å². The van der Waals surface area contributed by atoms with E-state index in [0.29, 0.717) is 25.0 Å². The van der Waals surface area contributed by atoms with Gasteiger partial charge in [-0.2, -0.15) is 4.98 Å². The van der Waals surface area contributed by atoms with Crippen LogP contribution in [0.2, 0.25) is 0 Å². The van der Waals surface area contributed by atoms with Gasteiger partial charge < -0.3 is 15.4 Å². The predicted octanol–water partition coefficient (Wildman–Crippen LogP) is 1.08. The predicted molar refractivity (Wildman–Crippen MR) is 72.0 cm³/mol. The van der Waals surface area contributed by atoms with Crippen molar-refractivity contribution >= 4 is 17.5 Å². The zero-order valence-corrected chi connectivity index (χ0v) is 11.4. The number of nitrogens with two attached hydrogens (primary N) is 1. The van der Waals surface area contributed by atoms with Crippen molar-refractivity contribution in [1.29, 1.82) is 0 Å². The zero-order chi connectivity index (χ0) is 14.4. The van der Waals surface area contributed by atoms with E-state index in [0.717, 1.165) is 12.7 Å². The van der Waals surface area contributed by atoms with Gasteiger partial charge in [0, 0.05) is 20.2 Å². The summed E-state index contributed by atoms with van der Waals surface area (Å²) >= 11 is 0. The van der Waals surface area contributed by atoms with E-state index in [2.05, 4.69) is 23.8 Å². The lowest BCUT2D eigenvalue weighted by atomic mass is 10.2. The topological polar surface area (TPSA) is 107 Å². The standard InChI is InChI=1S/C11H19N5O3/c1-8(2)7-15(4-5-19-3)11-13-6-9(16(17)18)10(12)14-11/h6,8H,4-5,7H2,1-3H3,(H2,12,13,14).